The molecule has 8 heteroatoms. The molecule has 2 aliphatic rings. The summed E-state index contributed by atoms with van der Waals surface area (Å²) in [5.41, 5.74) is 1.19. The number of benzene rings is 1. The summed E-state index contributed by atoms with van der Waals surface area (Å²) in [5.74, 6) is 4.48. The molecule has 7 nitrogen and oxygen atoms in total. The SMILES string of the molecule is Cc1nnc(CN=C(NCCCC2CCCCC2)NC2CCOc3ccccc32)n1C.I. The van der Waals surface area contributed by atoms with E-state index >= 15 is 0 Å². The first-order valence-corrected chi connectivity index (χ1v) is 11.8. The second-order valence-electron chi connectivity index (χ2n) is 8.83. The van der Waals surface area contributed by atoms with Crippen molar-refractivity contribution in [2.45, 2.75) is 70.9 Å². The number of halogens is 1. The van der Waals surface area contributed by atoms with Crippen LogP contribution in [0.3, 0.4) is 0 Å². The number of para-hydroxylation sites is 1. The third-order valence-electron chi connectivity index (χ3n) is 6.64. The lowest BCUT2D eigenvalue weighted by atomic mass is 9.86. The summed E-state index contributed by atoms with van der Waals surface area (Å²) in [4.78, 5) is 4.85. The molecule has 4 rings (SSSR count). The second-order valence-corrected chi connectivity index (χ2v) is 8.83. The Morgan fingerprint density at radius 1 is 1.16 bits per heavy atom. The molecule has 32 heavy (non-hydrogen) atoms. The number of guanidine groups is 1. The lowest BCUT2D eigenvalue weighted by molar-refractivity contribution is 0.261. The molecule has 1 atom stereocenters. The maximum Gasteiger partial charge on any atom is 0.192 e. The fraction of sp³-hybridized carbons (Fsp3) is 0.625. The minimum atomic E-state index is 0. The molecule has 1 aromatic heterocycles. The molecule has 1 aromatic carbocycles. The molecule has 0 amide bonds. The summed E-state index contributed by atoms with van der Waals surface area (Å²) in [6, 6.07) is 8.46. The zero-order valence-corrected chi connectivity index (χ0v) is 21.7. The fourth-order valence-corrected chi connectivity index (χ4v) is 4.62. The van der Waals surface area contributed by atoms with Crippen molar-refractivity contribution in [3.8, 4) is 5.75 Å². The van der Waals surface area contributed by atoms with E-state index in [1.54, 1.807) is 0 Å². The highest BCUT2D eigenvalue weighted by Crippen LogP contribution is 2.31. The third kappa shape index (κ3) is 6.59. The quantitative estimate of drug-likeness (QED) is 0.226. The van der Waals surface area contributed by atoms with E-state index in [0.717, 1.165) is 42.2 Å². The number of hydrogen-bond donors (Lipinski definition) is 2. The van der Waals surface area contributed by atoms with Gasteiger partial charge in [0.2, 0.25) is 0 Å². The van der Waals surface area contributed by atoms with Crippen molar-refractivity contribution >= 4 is 29.9 Å². The van der Waals surface area contributed by atoms with Crippen LogP contribution in [0.4, 0.5) is 0 Å². The second kappa shape index (κ2) is 12.4. The Morgan fingerprint density at radius 2 is 1.97 bits per heavy atom. The minimum Gasteiger partial charge on any atom is -0.493 e. The molecule has 176 valence electrons. The molecule has 2 heterocycles. The van der Waals surface area contributed by atoms with Gasteiger partial charge in [-0.15, -0.1) is 34.2 Å². The van der Waals surface area contributed by atoms with Crippen LogP contribution >= 0.6 is 24.0 Å². The predicted octanol–water partition coefficient (Wildman–Crippen LogP) is 4.66. The Bertz CT molecular complexity index is 877. The highest BCUT2D eigenvalue weighted by molar-refractivity contribution is 14.0. The Balaban J connectivity index is 0.00000289. The van der Waals surface area contributed by atoms with Crippen LogP contribution in [0.5, 0.6) is 5.75 Å². The van der Waals surface area contributed by atoms with E-state index < -0.39 is 0 Å². The van der Waals surface area contributed by atoms with Gasteiger partial charge in [-0.1, -0.05) is 50.3 Å². The Morgan fingerprint density at radius 3 is 2.75 bits per heavy atom. The molecular weight excluding hydrogens is 515 g/mol. The highest BCUT2D eigenvalue weighted by atomic mass is 127. The van der Waals surface area contributed by atoms with Gasteiger partial charge in [-0.05, 0) is 31.7 Å². The zero-order valence-electron chi connectivity index (χ0n) is 19.3. The van der Waals surface area contributed by atoms with Crippen molar-refractivity contribution < 1.29 is 4.74 Å². The van der Waals surface area contributed by atoms with E-state index in [2.05, 4.69) is 33.0 Å². The standard InChI is InChI=1S/C24H36N6O.HI/c1-18-28-29-23(30(18)2)17-26-24(25-15-8-11-19-9-4-3-5-10-19)27-21-14-16-31-22-13-7-6-12-20(21)22;/h6-7,12-13,19,21H,3-5,8-11,14-17H2,1-2H3,(H2,25,26,27);1H. The van der Waals surface area contributed by atoms with Crippen molar-refractivity contribution in [3.63, 3.8) is 0 Å². The van der Waals surface area contributed by atoms with E-state index in [9.17, 15) is 0 Å². The average molecular weight is 553 g/mol. The van der Waals surface area contributed by atoms with Gasteiger partial charge in [0.25, 0.3) is 0 Å². The Hall–Kier alpha value is -1.84. The van der Waals surface area contributed by atoms with Crippen LogP contribution in [0.1, 0.15) is 74.6 Å². The van der Waals surface area contributed by atoms with Crippen molar-refractivity contribution in [1.82, 2.24) is 25.4 Å². The lowest BCUT2D eigenvalue weighted by Crippen LogP contribution is -2.41. The molecule has 1 fully saturated rings. The van der Waals surface area contributed by atoms with E-state index in [-0.39, 0.29) is 30.0 Å². The smallest absolute Gasteiger partial charge is 0.192 e. The first-order valence-electron chi connectivity index (χ1n) is 11.8. The van der Waals surface area contributed by atoms with Gasteiger partial charge in [0, 0.05) is 25.6 Å². The predicted molar refractivity (Wildman–Crippen MR) is 139 cm³/mol. The monoisotopic (exact) mass is 552 g/mol. The number of aliphatic imine (C=N–C) groups is 1. The van der Waals surface area contributed by atoms with Gasteiger partial charge < -0.3 is 19.9 Å². The van der Waals surface area contributed by atoms with E-state index in [1.165, 1.54) is 50.5 Å². The van der Waals surface area contributed by atoms with Gasteiger partial charge in [0.15, 0.2) is 11.8 Å². The van der Waals surface area contributed by atoms with Gasteiger partial charge in [0.05, 0.1) is 12.6 Å². The third-order valence-corrected chi connectivity index (χ3v) is 6.64. The van der Waals surface area contributed by atoms with Crippen LogP contribution < -0.4 is 15.4 Å². The molecule has 0 radical (unpaired) electrons. The number of nitrogens with one attached hydrogen (secondary N) is 2. The number of rotatable bonds is 7. The highest BCUT2D eigenvalue weighted by Gasteiger charge is 2.22. The number of ether oxygens (including phenoxy) is 1. The minimum absolute atomic E-state index is 0. The number of aromatic nitrogens is 3. The number of hydrogen-bond acceptors (Lipinski definition) is 4. The average Bonchev–Trinajstić information content (AvgIpc) is 3.13. The number of fused-ring (bicyclic) bond motifs is 1. The first-order chi connectivity index (χ1) is 15.2. The van der Waals surface area contributed by atoms with Crippen LogP contribution in [0.25, 0.3) is 0 Å². The van der Waals surface area contributed by atoms with Crippen LogP contribution in [0.15, 0.2) is 29.3 Å². The maximum absolute atomic E-state index is 5.83. The lowest BCUT2D eigenvalue weighted by Gasteiger charge is -2.28. The molecule has 0 spiro atoms. The summed E-state index contributed by atoms with van der Waals surface area (Å²) >= 11 is 0. The summed E-state index contributed by atoms with van der Waals surface area (Å²) in [6.07, 6.45) is 10.5. The molecule has 0 saturated heterocycles. The Kier molecular flexibility index (Phi) is 9.62. The van der Waals surface area contributed by atoms with Crippen molar-refractivity contribution in [3.05, 3.63) is 41.5 Å². The molecule has 2 N–H and O–H groups in total. The van der Waals surface area contributed by atoms with Crippen LogP contribution in [-0.4, -0.2) is 33.9 Å². The van der Waals surface area contributed by atoms with Gasteiger partial charge in [-0.3, -0.25) is 0 Å². The van der Waals surface area contributed by atoms with Gasteiger partial charge in [-0.2, -0.15) is 0 Å². The summed E-state index contributed by atoms with van der Waals surface area (Å²) in [6.45, 7) is 4.11. The molecule has 1 saturated carbocycles. The van der Waals surface area contributed by atoms with Gasteiger partial charge in [-0.25, -0.2) is 4.99 Å². The van der Waals surface area contributed by atoms with Crippen LogP contribution in [0.2, 0.25) is 0 Å². The molecule has 1 aliphatic heterocycles. The number of aryl methyl sites for hydroxylation is 1. The van der Waals surface area contributed by atoms with Gasteiger partial charge in [0.1, 0.15) is 18.1 Å². The van der Waals surface area contributed by atoms with Crippen LogP contribution in [0, 0.1) is 12.8 Å². The van der Waals surface area contributed by atoms with E-state index in [4.69, 9.17) is 9.73 Å². The number of nitrogens with zero attached hydrogens (tertiary/aromatic N) is 4. The molecular formula is C24H37IN6O. The van der Waals surface area contributed by atoms with E-state index in [1.807, 2.05) is 30.7 Å². The van der Waals surface area contributed by atoms with Crippen molar-refractivity contribution in [2.24, 2.45) is 18.0 Å². The van der Waals surface area contributed by atoms with Crippen molar-refractivity contribution in [1.29, 1.82) is 0 Å². The summed E-state index contributed by atoms with van der Waals surface area (Å²) in [5, 5.41) is 15.6. The topological polar surface area (TPSA) is 76.4 Å². The van der Waals surface area contributed by atoms with Crippen molar-refractivity contribution in [2.75, 3.05) is 13.2 Å². The largest absolute Gasteiger partial charge is 0.493 e. The summed E-state index contributed by atoms with van der Waals surface area (Å²) in [7, 11) is 1.99. The maximum atomic E-state index is 5.83. The fourth-order valence-electron chi connectivity index (χ4n) is 4.62. The molecule has 1 aliphatic carbocycles. The summed E-state index contributed by atoms with van der Waals surface area (Å²) < 4.78 is 7.82. The zero-order chi connectivity index (χ0) is 21.5. The normalized spacial score (nSPS) is 18.9. The molecule has 2 aromatic rings. The van der Waals surface area contributed by atoms with Gasteiger partial charge >= 0.3 is 0 Å². The molecule has 0 bridgehead atoms. The van der Waals surface area contributed by atoms with E-state index in [0.29, 0.717) is 13.2 Å². The van der Waals surface area contributed by atoms with Crippen LogP contribution in [-0.2, 0) is 13.6 Å². The first kappa shape index (κ1) is 24.8. The Labute approximate surface area is 208 Å². The molecule has 1 unspecified atom stereocenters.